The van der Waals surface area contributed by atoms with Crippen LogP contribution in [0.5, 0.6) is 0 Å². The molecule has 3 nitrogen and oxygen atoms in total. The molecule has 0 radical (unpaired) electrons. The summed E-state index contributed by atoms with van der Waals surface area (Å²) in [6.45, 7) is 4.52. The number of nitrogens with zero attached hydrogens (tertiary/aromatic N) is 2. The topological polar surface area (TPSA) is 23.6 Å². The molecule has 0 bridgehead atoms. The van der Waals surface area contributed by atoms with Crippen molar-refractivity contribution in [2.24, 2.45) is 0 Å². The maximum atomic E-state index is 14.9. The van der Waals surface area contributed by atoms with E-state index in [9.17, 15) is 13.0 Å². The Labute approximate surface area is 174 Å². The van der Waals surface area contributed by atoms with Crippen molar-refractivity contribution in [1.29, 1.82) is 0 Å². The van der Waals surface area contributed by atoms with Gasteiger partial charge in [0.25, 0.3) is 0 Å². The van der Waals surface area contributed by atoms with Crippen LogP contribution in [0.25, 0.3) is 11.1 Å². The molecule has 0 saturated carbocycles. The summed E-state index contributed by atoms with van der Waals surface area (Å²) in [5, 5.41) is 0. The van der Waals surface area contributed by atoms with Crippen molar-refractivity contribution >= 4 is 10.8 Å². The summed E-state index contributed by atoms with van der Waals surface area (Å²) in [4.78, 5) is 5.42. The monoisotopic (exact) mass is 418 g/mol. The highest BCUT2D eigenvalue weighted by molar-refractivity contribution is 7.84. The number of halogens is 2. The van der Waals surface area contributed by atoms with Crippen LogP contribution in [0.1, 0.15) is 31.2 Å². The largest absolute Gasteiger partial charge is 0.302 e. The van der Waals surface area contributed by atoms with Crippen molar-refractivity contribution in [2.45, 2.75) is 43.2 Å². The van der Waals surface area contributed by atoms with Crippen molar-refractivity contribution in [2.75, 3.05) is 32.4 Å². The molecule has 2 aliphatic heterocycles. The van der Waals surface area contributed by atoms with Gasteiger partial charge in [-0.15, -0.1) is 0 Å². The van der Waals surface area contributed by atoms with E-state index in [1.165, 1.54) is 25.0 Å². The summed E-state index contributed by atoms with van der Waals surface area (Å²) in [6, 6.07) is 10.2. The molecule has 29 heavy (non-hydrogen) atoms. The van der Waals surface area contributed by atoms with Gasteiger partial charge in [-0.2, -0.15) is 0 Å². The average Bonchev–Trinajstić information content (AvgIpc) is 3.37. The molecule has 2 heterocycles. The van der Waals surface area contributed by atoms with Crippen LogP contribution < -0.4 is 0 Å². The minimum absolute atomic E-state index is 0.161. The second kappa shape index (κ2) is 9.02. The quantitative estimate of drug-likeness (QED) is 0.693. The molecular formula is C23H28F2N2OS. The van der Waals surface area contributed by atoms with Gasteiger partial charge in [-0.3, -0.25) is 9.11 Å². The van der Waals surface area contributed by atoms with Crippen LogP contribution in [0.2, 0.25) is 0 Å². The molecule has 2 aromatic rings. The Morgan fingerprint density at radius 3 is 2.24 bits per heavy atom. The standard InChI is InChI=1S/C23H28F2N2OS/c1-29(28)20-8-6-17(7-9-20)18-13-22(24)21(23(25)14-18)16-27-12-4-5-19(27)15-26-10-2-3-11-26/h6-9,13-14,19H,2-5,10-12,15-16H2,1H3/t19-,29?/m0/s1. The highest BCUT2D eigenvalue weighted by Crippen LogP contribution is 2.28. The van der Waals surface area contributed by atoms with E-state index in [2.05, 4.69) is 9.80 Å². The van der Waals surface area contributed by atoms with Crippen LogP contribution in [0.3, 0.4) is 0 Å². The zero-order chi connectivity index (χ0) is 20.4. The van der Waals surface area contributed by atoms with E-state index in [0.717, 1.165) is 44.6 Å². The molecule has 6 heteroatoms. The number of hydrogen-bond acceptors (Lipinski definition) is 3. The molecule has 2 aliphatic rings. The van der Waals surface area contributed by atoms with Crippen molar-refractivity contribution < 1.29 is 13.0 Å². The third-order valence-electron chi connectivity index (χ3n) is 6.19. The van der Waals surface area contributed by atoms with Gasteiger partial charge in [0, 0.05) is 46.6 Å². The van der Waals surface area contributed by atoms with E-state index in [1.54, 1.807) is 30.5 Å². The van der Waals surface area contributed by atoms with Crippen molar-refractivity contribution in [3.63, 3.8) is 0 Å². The van der Waals surface area contributed by atoms with Crippen molar-refractivity contribution in [3.05, 3.63) is 53.6 Å². The minimum atomic E-state index is -1.07. The second-order valence-electron chi connectivity index (χ2n) is 8.17. The van der Waals surface area contributed by atoms with E-state index in [4.69, 9.17) is 0 Å². The first kappa shape index (κ1) is 20.6. The van der Waals surface area contributed by atoms with E-state index < -0.39 is 22.4 Å². The Morgan fingerprint density at radius 2 is 1.62 bits per heavy atom. The van der Waals surface area contributed by atoms with Gasteiger partial charge in [0.15, 0.2) is 0 Å². The van der Waals surface area contributed by atoms with Crippen LogP contribution in [-0.4, -0.2) is 52.5 Å². The molecule has 0 aromatic heterocycles. The summed E-state index contributed by atoms with van der Waals surface area (Å²) in [7, 11) is -1.07. The summed E-state index contributed by atoms with van der Waals surface area (Å²) in [6.07, 6.45) is 6.31. The van der Waals surface area contributed by atoms with Gasteiger partial charge >= 0.3 is 0 Å². The molecule has 156 valence electrons. The Hall–Kier alpha value is -1.63. The lowest BCUT2D eigenvalue weighted by molar-refractivity contribution is 0.182. The Kier molecular flexibility index (Phi) is 6.42. The summed E-state index contributed by atoms with van der Waals surface area (Å²) in [5.74, 6) is -0.982. The summed E-state index contributed by atoms with van der Waals surface area (Å²) >= 11 is 0. The lowest BCUT2D eigenvalue weighted by atomic mass is 10.0. The highest BCUT2D eigenvalue weighted by Gasteiger charge is 2.29. The van der Waals surface area contributed by atoms with E-state index in [-0.39, 0.29) is 5.56 Å². The molecule has 0 N–H and O–H groups in total. The zero-order valence-electron chi connectivity index (χ0n) is 16.9. The van der Waals surface area contributed by atoms with Crippen molar-refractivity contribution in [3.8, 4) is 11.1 Å². The van der Waals surface area contributed by atoms with E-state index in [1.807, 2.05) is 0 Å². The first-order valence-corrected chi connectivity index (χ1v) is 12.0. The van der Waals surface area contributed by atoms with Crippen LogP contribution in [-0.2, 0) is 17.3 Å². The highest BCUT2D eigenvalue weighted by atomic mass is 32.2. The van der Waals surface area contributed by atoms with Gasteiger partial charge in [-0.25, -0.2) is 8.78 Å². The lowest BCUT2D eigenvalue weighted by Gasteiger charge is -2.28. The number of benzene rings is 2. The predicted molar refractivity (Wildman–Crippen MR) is 113 cm³/mol. The maximum absolute atomic E-state index is 14.9. The van der Waals surface area contributed by atoms with Crippen LogP contribution in [0.4, 0.5) is 8.78 Å². The molecule has 0 spiro atoms. The van der Waals surface area contributed by atoms with Crippen molar-refractivity contribution in [1.82, 2.24) is 9.80 Å². The maximum Gasteiger partial charge on any atom is 0.131 e. The predicted octanol–water partition coefficient (Wildman–Crippen LogP) is 4.43. The number of rotatable bonds is 6. The fourth-order valence-corrected chi connectivity index (χ4v) is 5.06. The summed E-state index contributed by atoms with van der Waals surface area (Å²) < 4.78 is 41.3. The molecule has 2 saturated heterocycles. The smallest absolute Gasteiger partial charge is 0.131 e. The molecule has 0 amide bonds. The average molecular weight is 419 g/mol. The molecule has 0 aliphatic carbocycles. The Balaban J connectivity index is 1.50. The number of hydrogen-bond donors (Lipinski definition) is 0. The second-order valence-corrected chi connectivity index (χ2v) is 9.55. The third kappa shape index (κ3) is 4.76. The Bertz CT molecular complexity index is 858. The fourth-order valence-electron chi connectivity index (χ4n) is 4.54. The van der Waals surface area contributed by atoms with Crippen LogP contribution in [0.15, 0.2) is 41.3 Å². The van der Waals surface area contributed by atoms with Gasteiger partial charge < -0.3 is 4.90 Å². The first-order valence-electron chi connectivity index (χ1n) is 10.4. The van der Waals surface area contributed by atoms with Gasteiger partial charge in [0.1, 0.15) is 11.6 Å². The number of likely N-dealkylation sites (tertiary alicyclic amines) is 2. The molecule has 2 fully saturated rings. The Morgan fingerprint density at radius 1 is 0.966 bits per heavy atom. The first-order chi connectivity index (χ1) is 14.0. The third-order valence-corrected chi connectivity index (χ3v) is 7.12. The zero-order valence-corrected chi connectivity index (χ0v) is 17.7. The van der Waals surface area contributed by atoms with Gasteiger partial charge in [0.05, 0.1) is 0 Å². The normalized spacial score (nSPS) is 21.7. The lowest BCUT2D eigenvalue weighted by Crippen LogP contribution is -2.39. The fraction of sp³-hybridized carbons (Fsp3) is 0.478. The molecule has 4 rings (SSSR count). The van der Waals surface area contributed by atoms with Gasteiger partial charge in [0.2, 0.25) is 0 Å². The molecule has 2 atom stereocenters. The molecular weight excluding hydrogens is 390 g/mol. The van der Waals surface area contributed by atoms with E-state index >= 15 is 0 Å². The van der Waals surface area contributed by atoms with Gasteiger partial charge in [-0.05, 0) is 80.7 Å². The van der Waals surface area contributed by atoms with E-state index in [0.29, 0.717) is 23.0 Å². The molecule has 1 unspecified atom stereocenters. The summed E-state index contributed by atoms with van der Waals surface area (Å²) in [5.41, 5.74) is 1.39. The van der Waals surface area contributed by atoms with Gasteiger partial charge in [-0.1, -0.05) is 12.1 Å². The van der Waals surface area contributed by atoms with Crippen LogP contribution >= 0.6 is 0 Å². The minimum Gasteiger partial charge on any atom is -0.302 e. The van der Waals surface area contributed by atoms with Crippen LogP contribution in [0, 0.1) is 11.6 Å². The SMILES string of the molecule is CS(=O)c1ccc(-c2cc(F)c(CN3CCC[C@H]3CN3CCCC3)c(F)c2)cc1. The molecule has 2 aromatic carbocycles.